The maximum Gasteiger partial charge on any atom is 0.311 e. The van der Waals surface area contributed by atoms with Crippen LogP contribution in [0.25, 0.3) is 0 Å². The number of hydrogen-bond acceptors (Lipinski definition) is 2. The molecule has 0 aliphatic carbocycles. The van der Waals surface area contributed by atoms with Crippen LogP contribution in [0, 0.1) is 0 Å². The summed E-state index contributed by atoms with van der Waals surface area (Å²) in [6.45, 7) is 2.09. The Bertz CT molecular complexity index is 393. The van der Waals surface area contributed by atoms with Crippen molar-refractivity contribution >= 4 is 23.3 Å². The van der Waals surface area contributed by atoms with Gasteiger partial charge in [-0.15, -0.1) is 0 Å². The SMILES string of the molecule is CCCCCC(C(=O)O)c1cc(Cl)ccc1N. The Morgan fingerprint density at radius 3 is 2.76 bits per heavy atom. The molecule has 1 aromatic rings. The van der Waals surface area contributed by atoms with Crippen molar-refractivity contribution < 1.29 is 9.90 Å². The number of benzene rings is 1. The van der Waals surface area contributed by atoms with E-state index in [1.807, 2.05) is 0 Å². The minimum absolute atomic E-state index is 0.498. The van der Waals surface area contributed by atoms with Crippen molar-refractivity contribution in [3.05, 3.63) is 28.8 Å². The molecule has 1 rings (SSSR count). The number of anilines is 1. The number of nitrogens with two attached hydrogens (primary N) is 1. The monoisotopic (exact) mass is 255 g/mol. The highest BCUT2D eigenvalue weighted by atomic mass is 35.5. The summed E-state index contributed by atoms with van der Waals surface area (Å²) in [4.78, 5) is 11.3. The lowest BCUT2D eigenvalue weighted by atomic mass is 9.92. The van der Waals surface area contributed by atoms with E-state index < -0.39 is 11.9 Å². The maximum atomic E-state index is 11.3. The number of hydrogen-bond donors (Lipinski definition) is 2. The zero-order valence-corrected chi connectivity index (χ0v) is 10.7. The minimum atomic E-state index is -0.838. The van der Waals surface area contributed by atoms with E-state index in [0.717, 1.165) is 19.3 Å². The predicted molar refractivity (Wildman–Crippen MR) is 70.4 cm³/mol. The summed E-state index contributed by atoms with van der Waals surface area (Å²) in [6.07, 6.45) is 3.59. The van der Waals surface area contributed by atoms with Crippen LogP contribution < -0.4 is 5.73 Å². The van der Waals surface area contributed by atoms with Crippen LogP contribution in [-0.2, 0) is 4.79 Å². The van der Waals surface area contributed by atoms with Crippen LogP contribution in [0.1, 0.15) is 44.1 Å². The molecule has 0 saturated carbocycles. The van der Waals surface area contributed by atoms with Gasteiger partial charge in [-0.25, -0.2) is 0 Å². The van der Waals surface area contributed by atoms with Gasteiger partial charge in [0.2, 0.25) is 0 Å². The van der Waals surface area contributed by atoms with Crippen LogP contribution in [0.15, 0.2) is 18.2 Å². The van der Waals surface area contributed by atoms with E-state index in [0.29, 0.717) is 22.7 Å². The van der Waals surface area contributed by atoms with Crippen molar-refractivity contribution in [2.24, 2.45) is 0 Å². The molecular formula is C13H18ClNO2. The van der Waals surface area contributed by atoms with Crippen LogP contribution in [-0.4, -0.2) is 11.1 Å². The fourth-order valence-corrected chi connectivity index (χ4v) is 2.04. The van der Waals surface area contributed by atoms with Crippen molar-refractivity contribution in [1.29, 1.82) is 0 Å². The zero-order chi connectivity index (χ0) is 12.8. The number of halogens is 1. The molecule has 17 heavy (non-hydrogen) atoms. The summed E-state index contributed by atoms with van der Waals surface area (Å²) in [5.41, 5.74) is 6.93. The number of carboxylic acids is 1. The van der Waals surface area contributed by atoms with Crippen LogP contribution in [0.4, 0.5) is 5.69 Å². The van der Waals surface area contributed by atoms with Gasteiger partial charge in [0.1, 0.15) is 0 Å². The highest BCUT2D eigenvalue weighted by Crippen LogP contribution is 2.30. The van der Waals surface area contributed by atoms with E-state index in [1.165, 1.54) is 0 Å². The number of unbranched alkanes of at least 4 members (excludes halogenated alkanes) is 2. The Labute approximate surface area is 107 Å². The first kappa shape index (κ1) is 13.8. The third kappa shape index (κ3) is 3.93. The van der Waals surface area contributed by atoms with Gasteiger partial charge in [0.05, 0.1) is 5.92 Å². The number of carbonyl (C=O) groups is 1. The molecule has 0 aromatic heterocycles. The lowest BCUT2D eigenvalue weighted by Crippen LogP contribution is -2.13. The molecule has 0 spiro atoms. The van der Waals surface area contributed by atoms with Crippen molar-refractivity contribution in [1.82, 2.24) is 0 Å². The first-order valence-electron chi connectivity index (χ1n) is 5.84. The van der Waals surface area contributed by atoms with Crippen molar-refractivity contribution in [2.45, 2.75) is 38.5 Å². The Balaban J connectivity index is 2.89. The number of carboxylic acid groups (broad SMARTS) is 1. The van der Waals surface area contributed by atoms with Gasteiger partial charge < -0.3 is 10.8 Å². The number of aliphatic carboxylic acids is 1. The fourth-order valence-electron chi connectivity index (χ4n) is 1.86. The summed E-state index contributed by atoms with van der Waals surface area (Å²) in [7, 11) is 0. The van der Waals surface area contributed by atoms with E-state index in [1.54, 1.807) is 18.2 Å². The summed E-state index contributed by atoms with van der Waals surface area (Å²) in [6, 6.07) is 4.99. The van der Waals surface area contributed by atoms with Crippen molar-refractivity contribution in [2.75, 3.05) is 5.73 Å². The Morgan fingerprint density at radius 2 is 2.18 bits per heavy atom. The second kappa shape index (κ2) is 6.50. The Morgan fingerprint density at radius 1 is 1.47 bits per heavy atom. The van der Waals surface area contributed by atoms with Gasteiger partial charge >= 0.3 is 5.97 Å². The molecule has 1 aromatic carbocycles. The first-order valence-corrected chi connectivity index (χ1v) is 6.21. The lowest BCUT2D eigenvalue weighted by molar-refractivity contribution is -0.139. The summed E-state index contributed by atoms with van der Waals surface area (Å²) in [5.74, 6) is -1.39. The van der Waals surface area contributed by atoms with Gasteiger partial charge in [-0.3, -0.25) is 4.79 Å². The van der Waals surface area contributed by atoms with E-state index in [9.17, 15) is 9.90 Å². The maximum absolute atomic E-state index is 11.3. The highest BCUT2D eigenvalue weighted by molar-refractivity contribution is 6.30. The smallest absolute Gasteiger partial charge is 0.311 e. The molecule has 4 heteroatoms. The molecule has 0 saturated heterocycles. The Hall–Kier alpha value is -1.22. The molecule has 3 N–H and O–H groups in total. The molecule has 1 atom stereocenters. The molecule has 94 valence electrons. The second-order valence-electron chi connectivity index (χ2n) is 4.16. The summed E-state index contributed by atoms with van der Waals surface area (Å²) >= 11 is 5.88. The molecule has 0 radical (unpaired) electrons. The van der Waals surface area contributed by atoms with Gasteiger partial charge in [-0.1, -0.05) is 37.8 Å². The van der Waals surface area contributed by atoms with Crippen LogP contribution in [0.2, 0.25) is 5.02 Å². The van der Waals surface area contributed by atoms with Crippen molar-refractivity contribution in [3.63, 3.8) is 0 Å². The average molecular weight is 256 g/mol. The molecule has 1 unspecified atom stereocenters. The zero-order valence-electron chi connectivity index (χ0n) is 9.95. The molecule has 0 aliphatic rings. The second-order valence-corrected chi connectivity index (χ2v) is 4.60. The van der Waals surface area contributed by atoms with Crippen LogP contribution in [0.3, 0.4) is 0 Å². The summed E-state index contributed by atoms with van der Waals surface area (Å²) in [5, 5.41) is 9.77. The van der Waals surface area contributed by atoms with E-state index >= 15 is 0 Å². The van der Waals surface area contributed by atoms with Gasteiger partial charge in [0.25, 0.3) is 0 Å². The third-order valence-corrected chi connectivity index (χ3v) is 3.05. The molecule has 0 aliphatic heterocycles. The molecule has 0 bridgehead atoms. The summed E-state index contributed by atoms with van der Waals surface area (Å²) < 4.78 is 0. The standard InChI is InChI=1S/C13H18ClNO2/c1-2-3-4-5-10(13(16)17)11-8-9(14)6-7-12(11)15/h6-8,10H,2-5,15H2,1H3,(H,16,17). The van der Waals surface area contributed by atoms with E-state index in [4.69, 9.17) is 17.3 Å². The topological polar surface area (TPSA) is 63.3 Å². The third-order valence-electron chi connectivity index (χ3n) is 2.82. The van der Waals surface area contributed by atoms with E-state index in [2.05, 4.69) is 6.92 Å². The number of nitrogen functional groups attached to an aromatic ring is 1. The average Bonchev–Trinajstić information content (AvgIpc) is 2.28. The quantitative estimate of drug-likeness (QED) is 0.602. The van der Waals surface area contributed by atoms with Crippen molar-refractivity contribution in [3.8, 4) is 0 Å². The first-order chi connectivity index (χ1) is 8.06. The molecule has 0 heterocycles. The van der Waals surface area contributed by atoms with Gasteiger partial charge in [0.15, 0.2) is 0 Å². The molecule has 0 amide bonds. The van der Waals surface area contributed by atoms with Gasteiger partial charge in [-0.2, -0.15) is 0 Å². The molecular weight excluding hydrogens is 238 g/mol. The fraction of sp³-hybridized carbons (Fsp3) is 0.462. The minimum Gasteiger partial charge on any atom is -0.481 e. The normalized spacial score (nSPS) is 12.4. The largest absolute Gasteiger partial charge is 0.481 e. The molecule has 0 fully saturated rings. The molecule has 3 nitrogen and oxygen atoms in total. The highest BCUT2D eigenvalue weighted by Gasteiger charge is 2.21. The Kier molecular flexibility index (Phi) is 5.29. The lowest BCUT2D eigenvalue weighted by Gasteiger charge is -2.15. The van der Waals surface area contributed by atoms with Crippen LogP contribution >= 0.6 is 11.6 Å². The van der Waals surface area contributed by atoms with E-state index in [-0.39, 0.29) is 0 Å². The predicted octanol–water partition coefficient (Wildman–Crippen LogP) is 3.67. The van der Waals surface area contributed by atoms with Gasteiger partial charge in [0, 0.05) is 10.7 Å². The van der Waals surface area contributed by atoms with Crippen LogP contribution in [0.5, 0.6) is 0 Å². The number of rotatable bonds is 6. The van der Waals surface area contributed by atoms with Gasteiger partial charge in [-0.05, 0) is 30.2 Å².